The fraction of sp³-hybridized carbons (Fsp3) is 0.600. The minimum atomic E-state index is -0.624. The maximum absolute atomic E-state index is 9.51. The molecule has 0 spiro atoms. The smallest absolute Gasteiger partial charge is 0.0931 e. The molecule has 2 atom stereocenters. The van der Waals surface area contributed by atoms with Crippen LogP contribution in [0.4, 0.5) is 0 Å². The van der Waals surface area contributed by atoms with E-state index in [0.717, 1.165) is 15.6 Å². The molecule has 0 aliphatic carbocycles. The minimum absolute atomic E-state index is 0.589. The molecule has 1 aromatic rings. The summed E-state index contributed by atoms with van der Waals surface area (Å²) in [6, 6.07) is 3.81. The summed E-state index contributed by atoms with van der Waals surface area (Å²) in [7, 11) is 0. The second-order valence-electron chi connectivity index (χ2n) is 3.29. The zero-order chi connectivity index (χ0) is 10.6. The highest BCUT2D eigenvalue weighted by Crippen LogP contribution is 2.23. The number of aliphatic hydroxyl groups excluding tert-OH is 2. The van der Waals surface area contributed by atoms with Gasteiger partial charge in [0.15, 0.2) is 0 Å². The summed E-state index contributed by atoms with van der Waals surface area (Å²) in [5.41, 5.74) is 0. The van der Waals surface area contributed by atoms with Crippen molar-refractivity contribution < 1.29 is 10.2 Å². The molecule has 0 aliphatic heterocycles. The molecule has 0 saturated heterocycles. The van der Waals surface area contributed by atoms with Gasteiger partial charge in [-0.2, -0.15) is 0 Å². The molecule has 0 amide bonds. The number of hydrogen-bond acceptors (Lipinski definition) is 3. The van der Waals surface area contributed by atoms with Crippen molar-refractivity contribution in [2.45, 2.75) is 38.4 Å². The van der Waals surface area contributed by atoms with E-state index in [1.165, 1.54) is 11.3 Å². The Morgan fingerprint density at radius 2 is 2.07 bits per heavy atom. The molecule has 80 valence electrons. The van der Waals surface area contributed by atoms with Crippen LogP contribution in [0.2, 0.25) is 4.34 Å². The van der Waals surface area contributed by atoms with Crippen molar-refractivity contribution in [1.82, 2.24) is 0 Å². The van der Waals surface area contributed by atoms with Gasteiger partial charge in [0, 0.05) is 4.88 Å². The Morgan fingerprint density at radius 3 is 2.57 bits per heavy atom. The monoisotopic (exact) mass is 234 g/mol. The van der Waals surface area contributed by atoms with E-state index in [2.05, 4.69) is 0 Å². The molecule has 4 heteroatoms. The largest absolute Gasteiger partial charge is 0.390 e. The standard InChI is InChI=1S/C10H15ClO2S/c1-2-8(12)9(13)5-3-7-4-6-10(11)14-7/h4,6,8-9,12-13H,2-3,5H2,1H3. The van der Waals surface area contributed by atoms with Gasteiger partial charge in [-0.15, -0.1) is 11.3 Å². The number of halogens is 1. The average molecular weight is 235 g/mol. The van der Waals surface area contributed by atoms with Gasteiger partial charge in [0.25, 0.3) is 0 Å². The number of rotatable bonds is 5. The van der Waals surface area contributed by atoms with Gasteiger partial charge in [0.1, 0.15) is 0 Å². The summed E-state index contributed by atoms with van der Waals surface area (Å²) in [4.78, 5) is 1.15. The van der Waals surface area contributed by atoms with Gasteiger partial charge < -0.3 is 10.2 Å². The summed E-state index contributed by atoms with van der Waals surface area (Å²) in [6.45, 7) is 1.86. The Balaban J connectivity index is 2.33. The average Bonchev–Trinajstić information content (AvgIpc) is 2.59. The second kappa shape index (κ2) is 5.71. The van der Waals surface area contributed by atoms with E-state index in [9.17, 15) is 10.2 Å². The fourth-order valence-electron chi connectivity index (χ4n) is 1.24. The van der Waals surface area contributed by atoms with Crippen LogP contribution in [-0.4, -0.2) is 22.4 Å². The van der Waals surface area contributed by atoms with Crippen molar-refractivity contribution in [3.05, 3.63) is 21.3 Å². The van der Waals surface area contributed by atoms with Crippen LogP contribution < -0.4 is 0 Å². The van der Waals surface area contributed by atoms with Crippen LogP contribution in [0.3, 0.4) is 0 Å². The van der Waals surface area contributed by atoms with Gasteiger partial charge in [-0.1, -0.05) is 18.5 Å². The summed E-state index contributed by atoms with van der Waals surface area (Å²) < 4.78 is 0.769. The lowest BCUT2D eigenvalue weighted by Crippen LogP contribution is -2.25. The predicted octanol–water partition coefficient (Wildman–Crippen LogP) is 2.47. The van der Waals surface area contributed by atoms with Crippen molar-refractivity contribution >= 4 is 22.9 Å². The molecule has 0 aromatic carbocycles. The zero-order valence-corrected chi connectivity index (χ0v) is 9.68. The first-order valence-corrected chi connectivity index (χ1v) is 5.93. The van der Waals surface area contributed by atoms with Gasteiger partial charge in [-0.3, -0.25) is 0 Å². The summed E-state index contributed by atoms with van der Waals surface area (Å²) in [5.74, 6) is 0. The van der Waals surface area contributed by atoms with E-state index in [4.69, 9.17) is 11.6 Å². The third kappa shape index (κ3) is 3.58. The Morgan fingerprint density at radius 1 is 1.36 bits per heavy atom. The van der Waals surface area contributed by atoms with Crippen LogP contribution in [0.1, 0.15) is 24.6 Å². The van der Waals surface area contributed by atoms with Gasteiger partial charge in [-0.25, -0.2) is 0 Å². The van der Waals surface area contributed by atoms with Crippen molar-refractivity contribution in [3.8, 4) is 0 Å². The van der Waals surface area contributed by atoms with E-state index in [1.807, 2.05) is 19.1 Å². The van der Waals surface area contributed by atoms with Gasteiger partial charge in [0.05, 0.1) is 16.5 Å². The lowest BCUT2D eigenvalue weighted by atomic mass is 10.1. The predicted molar refractivity (Wildman–Crippen MR) is 60.0 cm³/mol. The van der Waals surface area contributed by atoms with Crippen molar-refractivity contribution in [1.29, 1.82) is 0 Å². The first-order chi connectivity index (χ1) is 6.63. The number of aliphatic hydroxyl groups is 2. The summed E-state index contributed by atoms with van der Waals surface area (Å²) >= 11 is 7.29. The Labute approximate surface area is 93.2 Å². The molecule has 2 nitrogen and oxygen atoms in total. The molecule has 0 fully saturated rings. The molecule has 2 unspecified atom stereocenters. The SMILES string of the molecule is CCC(O)C(O)CCc1ccc(Cl)s1. The highest BCUT2D eigenvalue weighted by molar-refractivity contribution is 7.16. The lowest BCUT2D eigenvalue weighted by Gasteiger charge is -2.15. The van der Waals surface area contributed by atoms with E-state index in [1.54, 1.807) is 0 Å². The van der Waals surface area contributed by atoms with Gasteiger partial charge >= 0.3 is 0 Å². The normalized spacial score (nSPS) is 15.4. The molecule has 0 bridgehead atoms. The van der Waals surface area contributed by atoms with Gasteiger partial charge in [0.2, 0.25) is 0 Å². The summed E-state index contributed by atoms with van der Waals surface area (Å²) in [6.07, 6.45) is 0.722. The van der Waals surface area contributed by atoms with Crippen LogP contribution >= 0.6 is 22.9 Å². The van der Waals surface area contributed by atoms with Gasteiger partial charge in [-0.05, 0) is 31.4 Å². The molecule has 0 radical (unpaired) electrons. The quantitative estimate of drug-likeness (QED) is 0.822. The first-order valence-electron chi connectivity index (χ1n) is 4.73. The highest BCUT2D eigenvalue weighted by atomic mass is 35.5. The van der Waals surface area contributed by atoms with E-state index >= 15 is 0 Å². The lowest BCUT2D eigenvalue weighted by molar-refractivity contribution is 0.0131. The Bertz CT molecular complexity index is 275. The third-order valence-corrected chi connectivity index (χ3v) is 3.47. The summed E-state index contributed by atoms with van der Waals surface area (Å²) in [5, 5.41) is 18.8. The molecule has 0 saturated carbocycles. The third-order valence-electron chi connectivity index (χ3n) is 2.18. The maximum atomic E-state index is 9.51. The molecule has 0 aliphatic rings. The second-order valence-corrected chi connectivity index (χ2v) is 5.09. The first kappa shape index (κ1) is 12.0. The molecule has 14 heavy (non-hydrogen) atoms. The Kier molecular flexibility index (Phi) is 4.89. The maximum Gasteiger partial charge on any atom is 0.0931 e. The van der Waals surface area contributed by atoms with Crippen molar-refractivity contribution in [3.63, 3.8) is 0 Å². The molecule has 1 heterocycles. The topological polar surface area (TPSA) is 40.5 Å². The van der Waals surface area contributed by atoms with Crippen LogP contribution in [0.5, 0.6) is 0 Å². The van der Waals surface area contributed by atoms with E-state index in [-0.39, 0.29) is 0 Å². The minimum Gasteiger partial charge on any atom is -0.390 e. The van der Waals surface area contributed by atoms with E-state index < -0.39 is 12.2 Å². The molecule has 2 N–H and O–H groups in total. The Hall–Kier alpha value is -0.0900. The van der Waals surface area contributed by atoms with Crippen molar-refractivity contribution in [2.75, 3.05) is 0 Å². The fourth-order valence-corrected chi connectivity index (χ4v) is 2.34. The van der Waals surface area contributed by atoms with Crippen LogP contribution in [0.25, 0.3) is 0 Å². The van der Waals surface area contributed by atoms with Crippen LogP contribution in [-0.2, 0) is 6.42 Å². The molecular weight excluding hydrogens is 220 g/mol. The van der Waals surface area contributed by atoms with Crippen molar-refractivity contribution in [2.24, 2.45) is 0 Å². The number of hydrogen-bond donors (Lipinski definition) is 2. The van der Waals surface area contributed by atoms with E-state index in [0.29, 0.717) is 12.8 Å². The molecule has 1 aromatic heterocycles. The zero-order valence-electron chi connectivity index (χ0n) is 8.11. The highest BCUT2D eigenvalue weighted by Gasteiger charge is 2.13. The molecular formula is C10H15ClO2S. The number of aryl methyl sites for hydroxylation is 1. The molecule has 1 rings (SSSR count). The van der Waals surface area contributed by atoms with Crippen LogP contribution in [0.15, 0.2) is 12.1 Å². The number of thiophene rings is 1. The van der Waals surface area contributed by atoms with Crippen LogP contribution in [0, 0.1) is 0 Å².